The van der Waals surface area contributed by atoms with Crippen molar-refractivity contribution in [3.63, 3.8) is 0 Å². The van der Waals surface area contributed by atoms with Crippen LogP contribution in [0.2, 0.25) is 0 Å². The highest BCUT2D eigenvalue weighted by molar-refractivity contribution is 6.01. The minimum Gasteiger partial charge on any atom is -0.388 e. The van der Waals surface area contributed by atoms with Gasteiger partial charge < -0.3 is 15.3 Å². The minimum absolute atomic E-state index is 0.356. The predicted octanol–water partition coefficient (Wildman–Crippen LogP) is 1.50. The Bertz CT molecular complexity index is 473. The summed E-state index contributed by atoms with van der Waals surface area (Å²) in [6.07, 6.45) is -0.242. The van der Waals surface area contributed by atoms with Crippen LogP contribution >= 0.6 is 0 Å². The van der Waals surface area contributed by atoms with Gasteiger partial charge in [0.2, 0.25) is 0 Å². The van der Waals surface area contributed by atoms with Crippen LogP contribution in [0.3, 0.4) is 0 Å². The number of fused-ring (bicyclic) bond motifs is 1. The van der Waals surface area contributed by atoms with Gasteiger partial charge >= 0.3 is 0 Å². The van der Waals surface area contributed by atoms with Gasteiger partial charge in [-0.15, -0.1) is 0 Å². The molecule has 0 bridgehead atoms. The van der Waals surface area contributed by atoms with Crippen LogP contribution in [0, 0.1) is 0 Å². The molecule has 1 aromatic carbocycles. The van der Waals surface area contributed by atoms with E-state index >= 15 is 0 Å². The Morgan fingerprint density at radius 3 is 2.28 bits per heavy atom. The van der Waals surface area contributed by atoms with Crippen molar-refractivity contribution in [1.29, 1.82) is 0 Å². The number of rotatable bonds is 2. The molecule has 0 spiro atoms. The summed E-state index contributed by atoms with van der Waals surface area (Å²) in [6, 6.07) is 4.81. The molecule has 0 radical (unpaired) electrons. The molecule has 0 heterocycles. The van der Waals surface area contributed by atoms with E-state index in [1.807, 2.05) is 0 Å². The molecule has 0 saturated heterocycles. The van der Waals surface area contributed by atoms with E-state index in [9.17, 15) is 20.1 Å². The third-order valence-corrected chi connectivity index (χ3v) is 3.34. The molecule has 0 aliphatic heterocycles. The lowest BCUT2D eigenvalue weighted by Gasteiger charge is -2.26. The summed E-state index contributed by atoms with van der Waals surface area (Å²) in [5.74, 6) is -0.391. The first-order chi connectivity index (χ1) is 8.30. The quantitative estimate of drug-likeness (QED) is 0.695. The Balaban J connectivity index is 2.43. The van der Waals surface area contributed by atoms with Crippen molar-refractivity contribution in [3.05, 3.63) is 34.9 Å². The SMILES string of the molecule is CC(C)(O)C(=O)c1ccc2c(c1)C(O)CCC2O. The largest absolute Gasteiger partial charge is 0.388 e. The van der Waals surface area contributed by atoms with Crippen LogP contribution in [0.1, 0.15) is 60.4 Å². The van der Waals surface area contributed by atoms with Crippen molar-refractivity contribution < 1.29 is 20.1 Å². The normalized spacial score (nSPS) is 23.6. The molecule has 2 unspecified atom stereocenters. The maximum atomic E-state index is 11.9. The number of aliphatic hydroxyl groups is 3. The van der Waals surface area contributed by atoms with Crippen molar-refractivity contribution in [1.82, 2.24) is 0 Å². The lowest BCUT2D eigenvalue weighted by atomic mass is 9.84. The van der Waals surface area contributed by atoms with Gasteiger partial charge in [0, 0.05) is 5.56 Å². The summed E-state index contributed by atoms with van der Waals surface area (Å²) in [7, 11) is 0. The fraction of sp³-hybridized carbons (Fsp3) is 0.500. The van der Waals surface area contributed by atoms with Gasteiger partial charge in [0.15, 0.2) is 5.78 Å². The van der Waals surface area contributed by atoms with Crippen LogP contribution in [0.5, 0.6) is 0 Å². The van der Waals surface area contributed by atoms with Crippen LogP contribution in [-0.2, 0) is 0 Å². The number of carbonyl (C=O) groups excluding carboxylic acids is 1. The zero-order chi connectivity index (χ0) is 13.5. The van der Waals surface area contributed by atoms with Gasteiger partial charge in [-0.2, -0.15) is 0 Å². The molecule has 2 atom stereocenters. The summed E-state index contributed by atoms with van der Waals surface area (Å²) in [4.78, 5) is 11.9. The first kappa shape index (κ1) is 13.2. The van der Waals surface area contributed by atoms with Gasteiger partial charge in [-0.1, -0.05) is 12.1 Å². The van der Waals surface area contributed by atoms with E-state index in [1.54, 1.807) is 18.2 Å². The number of hydrogen-bond donors (Lipinski definition) is 3. The highest BCUT2D eigenvalue weighted by Gasteiger charge is 2.29. The molecule has 98 valence electrons. The number of aliphatic hydroxyl groups excluding tert-OH is 2. The fourth-order valence-electron chi connectivity index (χ4n) is 2.29. The van der Waals surface area contributed by atoms with Gasteiger partial charge in [0.1, 0.15) is 5.60 Å². The van der Waals surface area contributed by atoms with Gasteiger partial charge in [-0.3, -0.25) is 4.79 Å². The fourth-order valence-corrected chi connectivity index (χ4v) is 2.29. The zero-order valence-corrected chi connectivity index (χ0v) is 10.6. The molecule has 3 N–H and O–H groups in total. The maximum Gasteiger partial charge on any atom is 0.193 e. The lowest BCUT2D eigenvalue weighted by Crippen LogP contribution is -2.31. The third-order valence-electron chi connectivity index (χ3n) is 3.34. The van der Waals surface area contributed by atoms with Crippen LogP contribution in [0.4, 0.5) is 0 Å². The van der Waals surface area contributed by atoms with E-state index in [4.69, 9.17) is 0 Å². The molecule has 1 aromatic rings. The number of carbonyl (C=O) groups is 1. The Kier molecular flexibility index (Phi) is 3.27. The highest BCUT2D eigenvalue weighted by atomic mass is 16.3. The second kappa shape index (κ2) is 4.46. The monoisotopic (exact) mass is 250 g/mol. The topological polar surface area (TPSA) is 77.8 Å². The van der Waals surface area contributed by atoms with Crippen molar-refractivity contribution in [3.8, 4) is 0 Å². The van der Waals surface area contributed by atoms with Gasteiger partial charge in [0.25, 0.3) is 0 Å². The Morgan fingerprint density at radius 2 is 1.72 bits per heavy atom. The van der Waals surface area contributed by atoms with Crippen LogP contribution in [-0.4, -0.2) is 26.7 Å². The van der Waals surface area contributed by atoms with E-state index in [2.05, 4.69) is 0 Å². The zero-order valence-electron chi connectivity index (χ0n) is 10.6. The van der Waals surface area contributed by atoms with Crippen molar-refractivity contribution in [2.75, 3.05) is 0 Å². The van der Waals surface area contributed by atoms with E-state index in [0.29, 0.717) is 29.5 Å². The molecule has 4 nitrogen and oxygen atoms in total. The molecular weight excluding hydrogens is 232 g/mol. The molecule has 18 heavy (non-hydrogen) atoms. The van der Waals surface area contributed by atoms with Gasteiger partial charge in [-0.05, 0) is 43.9 Å². The average Bonchev–Trinajstić information content (AvgIpc) is 2.31. The summed E-state index contributed by atoms with van der Waals surface area (Å²) in [6.45, 7) is 2.86. The molecule has 0 saturated carbocycles. The smallest absolute Gasteiger partial charge is 0.193 e. The number of Topliss-reactive ketones (excluding diaryl/α,β-unsaturated/α-hetero) is 1. The standard InChI is InChI=1S/C14H18O4/c1-14(2,18)13(17)8-3-4-9-10(7-8)12(16)6-5-11(9)15/h3-4,7,11-12,15-16,18H,5-6H2,1-2H3. The second-order valence-electron chi connectivity index (χ2n) is 5.34. The molecule has 1 aliphatic rings. The summed E-state index contributed by atoms with van der Waals surface area (Å²) >= 11 is 0. The molecule has 2 rings (SSSR count). The molecule has 0 amide bonds. The highest BCUT2D eigenvalue weighted by Crippen LogP contribution is 2.36. The van der Waals surface area contributed by atoms with Crippen molar-refractivity contribution in [2.24, 2.45) is 0 Å². The Morgan fingerprint density at radius 1 is 1.17 bits per heavy atom. The maximum absolute atomic E-state index is 11.9. The first-order valence-electron chi connectivity index (χ1n) is 6.08. The molecular formula is C14H18O4. The van der Waals surface area contributed by atoms with E-state index < -0.39 is 23.6 Å². The number of hydrogen-bond acceptors (Lipinski definition) is 4. The van der Waals surface area contributed by atoms with Gasteiger partial charge in [0.05, 0.1) is 12.2 Å². The molecule has 0 aromatic heterocycles. The van der Waals surface area contributed by atoms with Crippen molar-refractivity contribution in [2.45, 2.75) is 44.5 Å². The molecule has 0 fully saturated rings. The number of ketones is 1. The van der Waals surface area contributed by atoms with Crippen LogP contribution < -0.4 is 0 Å². The molecule has 1 aliphatic carbocycles. The Hall–Kier alpha value is -1.23. The van der Waals surface area contributed by atoms with E-state index in [0.717, 1.165) is 0 Å². The summed E-state index contributed by atoms with van der Waals surface area (Å²) in [5, 5.41) is 29.4. The van der Waals surface area contributed by atoms with Crippen LogP contribution in [0.15, 0.2) is 18.2 Å². The Labute approximate surface area is 106 Å². The van der Waals surface area contributed by atoms with Gasteiger partial charge in [-0.25, -0.2) is 0 Å². The summed E-state index contributed by atoms with van der Waals surface area (Å²) in [5.41, 5.74) is 0.172. The second-order valence-corrected chi connectivity index (χ2v) is 5.34. The average molecular weight is 250 g/mol. The van der Waals surface area contributed by atoms with E-state index in [-0.39, 0.29) is 0 Å². The summed E-state index contributed by atoms with van der Waals surface area (Å²) < 4.78 is 0. The lowest BCUT2D eigenvalue weighted by molar-refractivity contribution is 0.0486. The van der Waals surface area contributed by atoms with Crippen molar-refractivity contribution >= 4 is 5.78 Å². The third kappa shape index (κ3) is 2.32. The minimum atomic E-state index is -1.44. The number of benzene rings is 1. The van der Waals surface area contributed by atoms with Crippen LogP contribution in [0.25, 0.3) is 0 Å². The molecule has 4 heteroatoms. The first-order valence-corrected chi connectivity index (χ1v) is 6.08. The predicted molar refractivity (Wildman–Crippen MR) is 66.2 cm³/mol. The van der Waals surface area contributed by atoms with E-state index in [1.165, 1.54) is 13.8 Å².